The summed E-state index contributed by atoms with van der Waals surface area (Å²) in [5, 5.41) is 0.130. The van der Waals surface area contributed by atoms with Crippen molar-refractivity contribution in [1.82, 2.24) is 14.5 Å². The molecule has 1 aliphatic rings. The van der Waals surface area contributed by atoms with Gasteiger partial charge in [-0.2, -0.15) is 13.6 Å². The fraction of sp³-hybridized carbons (Fsp3) is 0.579. The van der Waals surface area contributed by atoms with Crippen LogP contribution in [0.3, 0.4) is 0 Å². The van der Waals surface area contributed by atoms with Gasteiger partial charge in [0.1, 0.15) is 18.3 Å². The molecule has 5 atom stereocenters. The topological polar surface area (TPSA) is 281 Å². The number of H-pyrrole nitrogens is 1. The Bertz CT molecular complexity index is 1510. The molecule has 236 valence electrons. The average molecular weight is 694 g/mol. The summed E-state index contributed by atoms with van der Waals surface area (Å²) in [4.78, 5) is 56.0. The SMILES string of the molecule is CCCCSSCOC1C[C@H](n2cc(C#CCN)c3c(=O)[nH]c(N)nc32)O[C@@H]1COP(=O)(O)OP(=O)(O)OP(=O)(O)O. The number of nitrogen functional groups attached to an aromatic ring is 1. The van der Waals surface area contributed by atoms with E-state index < -0.39 is 54.1 Å². The summed E-state index contributed by atoms with van der Waals surface area (Å²) >= 11 is 0. The molecule has 42 heavy (non-hydrogen) atoms. The monoisotopic (exact) mass is 693 g/mol. The molecule has 0 saturated carbocycles. The molecule has 9 N–H and O–H groups in total. The summed E-state index contributed by atoms with van der Waals surface area (Å²) in [6, 6.07) is 0. The Morgan fingerprint density at radius 3 is 2.62 bits per heavy atom. The van der Waals surface area contributed by atoms with Gasteiger partial charge >= 0.3 is 23.5 Å². The summed E-state index contributed by atoms with van der Waals surface area (Å²) < 4.78 is 60.6. The normalized spacial score (nSPS) is 22.0. The van der Waals surface area contributed by atoms with Crippen molar-refractivity contribution in [3.63, 3.8) is 0 Å². The molecular formula is C19H30N5O13P3S2. The van der Waals surface area contributed by atoms with Gasteiger partial charge in [0.25, 0.3) is 5.56 Å². The lowest BCUT2D eigenvalue weighted by molar-refractivity contribution is -0.0520. The zero-order valence-electron chi connectivity index (χ0n) is 21.9. The molecule has 3 heterocycles. The van der Waals surface area contributed by atoms with Crippen LogP contribution in [0.4, 0.5) is 5.95 Å². The molecule has 0 aliphatic carbocycles. The van der Waals surface area contributed by atoms with E-state index in [1.807, 2.05) is 0 Å². The zero-order valence-corrected chi connectivity index (χ0v) is 26.2. The lowest BCUT2D eigenvalue weighted by Crippen LogP contribution is -2.28. The maximum Gasteiger partial charge on any atom is 0.490 e. The Morgan fingerprint density at radius 1 is 1.21 bits per heavy atom. The summed E-state index contributed by atoms with van der Waals surface area (Å²) in [5.41, 5.74) is 11.1. The predicted octanol–water partition coefficient (Wildman–Crippen LogP) is 1.77. The number of phosphoric acid groups is 3. The molecule has 2 aromatic heterocycles. The largest absolute Gasteiger partial charge is 0.490 e. The molecule has 1 aliphatic heterocycles. The van der Waals surface area contributed by atoms with Crippen molar-refractivity contribution in [2.75, 3.05) is 30.6 Å². The van der Waals surface area contributed by atoms with Crippen molar-refractivity contribution >= 4 is 62.0 Å². The van der Waals surface area contributed by atoms with E-state index in [2.05, 4.69) is 37.4 Å². The number of aromatic nitrogens is 3. The maximum atomic E-state index is 12.6. The zero-order chi connectivity index (χ0) is 31.1. The van der Waals surface area contributed by atoms with Gasteiger partial charge in [0.05, 0.1) is 30.2 Å². The van der Waals surface area contributed by atoms with Crippen molar-refractivity contribution in [2.45, 2.75) is 44.6 Å². The highest BCUT2D eigenvalue weighted by Gasteiger charge is 2.43. The first-order chi connectivity index (χ1) is 19.6. The molecule has 0 spiro atoms. The predicted molar refractivity (Wildman–Crippen MR) is 154 cm³/mol. The van der Waals surface area contributed by atoms with E-state index in [4.69, 9.17) is 35.3 Å². The van der Waals surface area contributed by atoms with Crippen molar-refractivity contribution in [1.29, 1.82) is 0 Å². The second-order valence-electron chi connectivity index (χ2n) is 8.47. The molecule has 1 fully saturated rings. The molecule has 1 saturated heterocycles. The molecule has 18 nitrogen and oxygen atoms in total. The molecular weight excluding hydrogens is 663 g/mol. The Kier molecular flexibility index (Phi) is 12.7. The summed E-state index contributed by atoms with van der Waals surface area (Å²) in [7, 11) is -13.6. The number of hydrogen-bond acceptors (Lipinski definition) is 14. The van der Waals surface area contributed by atoms with Gasteiger partial charge in [-0.3, -0.25) is 14.3 Å². The van der Waals surface area contributed by atoms with E-state index in [0.717, 1.165) is 18.6 Å². The molecule has 0 amide bonds. The van der Waals surface area contributed by atoms with Crippen molar-refractivity contribution in [3.8, 4) is 11.8 Å². The number of ether oxygens (including phenoxy) is 2. The molecule has 0 aromatic carbocycles. The number of phosphoric ester groups is 1. The molecule has 3 rings (SSSR count). The second kappa shape index (κ2) is 15.2. The quantitative estimate of drug-likeness (QED) is 0.0460. The number of nitrogens with one attached hydrogen (secondary N) is 1. The smallest absolute Gasteiger partial charge is 0.369 e. The number of nitrogens with zero attached hydrogens (tertiary/aromatic N) is 2. The Balaban J connectivity index is 1.83. The molecule has 2 aromatic rings. The number of aromatic amines is 1. The highest BCUT2D eigenvalue weighted by molar-refractivity contribution is 8.76. The summed E-state index contributed by atoms with van der Waals surface area (Å²) in [5.74, 6) is 6.39. The minimum absolute atomic E-state index is 0.0272. The van der Waals surface area contributed by atoms with Gasteiger partial charge in [-0.15, -0.1) is 0 Å². The van der Waals surface area contributed by atoms with Crippen LogP contribution in [0.15, 0.2) is 11.0 Å². The van der Waals surface area contributed by atoms with Crippen molar-refractivity contribution in [2.24, 2.45) is 5.73 Å². The lowest BCUT2D eigenvalue weighted by Gasteiger charge is -2.21. The maximum absolute atomic E-state index is 12.6. The fourth-order valence-electron chi connectivity index (χ4n) is 3.71. The highest BCUT2D eigenvalue weighted by atomic mass is 33.1. The first-order valence-corrected chi connectivity index (χ1v) is 19.0. The third kappa shape index (κ3) is 10.4. The minimum Gasteiger partial charge on any atom is -0.369 e. The van der Waals surface area contributed by atoms with E-state index >= 15 is 0 Å². The van der Waals surface area contributed by atoms with E-state index in [1.54, 1.807) is 10.8 Å². The van der Waals surface area contributed by atoms with E-state index in [-0.39, 0.29) is 35.9 Å². The van der Waals surface area contributed by atoms with E-state index in [9.17, 15) is 28.3 Å². The number of nitrogens with two attached hydrogens (primary N) is 2. The Labute approximate surface area is 247 Å². The second-order valence-corrected chi connectivity index (χ2v) is 15.4. The van der Waals surface area contributed by atoms with Gasteiger partial charge < -0.3 is 45.1 Å². The third-order valence-electron chi connectivity index (χ3n) is 5.33. The van der Waals surface area contributed by atoms with Crippen LogP contribution in [0.1, 0.15) is 38.0 Å². The number of rotatable bonds is 15. The number of anilines is 1. The van der Waals surface area contributed by atoms with Crippen LogP contribution in [0.2, 0.25) is 0 Å². The molecule has 0 bridgehead atoms. The summed E-state index contributed by atoms with van der Waals surface area (Å²) in [6.45, 7) is 1.36. The Hall–Kier alpha value is -1.23. The van der Waals surface area contributed by atoms with Crippen LogP contribution < -0.4 is 17.0 Å². The fourth-order valence-corrected chi connectivity index (χ4v) is 8.64. The number of fused-ring (bicyclic) bond motifs is 1. The van der Waals surface area contributed by atoms with Gasteiger partial charge in [0, 0.05) is 18.4 Å². The van der Waals surface area contributed by atoms with E-state index in [0.29, 0.717) is 5.56 Å². The highest BCUT2D eigenvalue weighted by Crippen LogP contribution is 2.66. The van der Waals surface area contributed by atoms with Crippen LogP contribution in [0, 0.1) is 11.8 Å². The first kappa shape index (κ1) is 35.3. The van der Waals surface area contributed by atoms with Crippen LogP contribution in [-0.4, -0.2) is 71.2 Å². The third-order valence-corrected chi connectivity index (χ3v) is 11.3. The van der Waals surface area contributed by atoms with Crippen molar-refractivity contribution < 1.29 is 55.9 Å². The molecule has 0 radical (unpaired) electrons. The Morgan fingerprint density at radius 2 is 1.95 bits per heavy atom. The van der Waals surface area contributed by atoms with Gasteiger partial charge in [-0.25, -0.2) is 13.7 Å². The number of hydrogen-bond donors (Lipinski definition) is 7. The van der Waals surface area contributed by atoms with E-state index in [1.165, 1.54) is 21.6 Å². The molecule has 3 unspecified atom stereocenters. The molecule has 23 heteroatoms. The van der Waals surface area contributed by atoms with Gasteiger partial charge in [-0.1, -0.05) is 46.8 Å². The van der Waals surface area contributed by atoms with Gasteiger partial charge in [0.15, 0.2) is 5.65 Å². The van der Waals surface area contributed by atoms with Crippen LogP contribution in [0.5, 0.6) is 0 Å². The van der Waals surface area contributed by atoms with Crippen molar-refractivity contribution in [3.05, 3.63) is 22.1 Å². The van der Waals surface area contributed by atoms with Crippen LogP contribution in [-0.2, 0) is 36.3 Å². The minimum atomic E-state index is -5.70. The van der Waals surface area contributed by atoms with Gasteiger partial charge in [0.2, 0.25) is 5.95 Å². The summed E-state index contributed by atoms with van der Waals surface area (Å²) in [6.07, 6.45) is 0.975. The van der Waals surface area contributed by atoms with Gasteiger partial charge in [-0.05, 0) is 6.42 Å². The standard InChI is InChI=1S/C19H30N5O13P3S2/c1-2-3-7-41-42-11-33-13-8-15(24-9-12(5-4-6-20)16-17(24)22-19(21)23-18(16)25)35-14(13)10-34-39(29,30)37-40(31,32)36-38(26,27)28/h9,13-15H,2-3,6-8,10-11,20H2,1H3,(H,29,30)(H,31,32)(H2,26,27,28)(H3,21,22,23,25)/t13?,14-,15-/m1/s1. The lowest BCUT2D eigenvalue weighted by atomic mass is 10.2. The van der Waals surface area contributed by atoms with Crippen LogP contribution >= 0.6 is 45.1 Å². The van der Waals surface area contributed by atoms with Crippen LogP contribution in [0.25, 0.3) is 11.0 Å². The average Bonchev–Trinajstić information content (AvgIpc) is 3.42. The number of unbranched alkanes of at least 4 members (excludes halogenated alkanes) is 1. The first-order valence-electron chi connectivity index (χ1n) is 12.0.